The predicted octanol–water partition coefficient (Wildman–Crippen LogP) is 2.43. The lowest BCUT2D eigenvalue weighted by atomic mass is 10.1. The third-order valence-corrected chi connectivity index (χ3v) is 4.49. The Kier molecular flexibility index (Phi) is 7.27. The van der Waals surface area contributed by atoms with Crippen molar-refractivity contribution in [2.75, 3.05) is 27.3 Å². The first kappa shape index (κ1) is 20.4. The van der Waals surface area contributed by atoms with Crippen LogP contribution in [0.15, 0.2) is 47.6 Å². The van der Waals surface area contributed by atoms with Crippen molar-refractivity contribution in [1.82, 2.24) is 25.2 Å². The van der Waals surface area contributed by atoms with Crippen molar-refractivity contribution in [2.24, 2.45) is 4.99 Å². The molecule has 154 valence electrons. The number of hydrogen-bond acceptors (Lipinski definition) is 5. The quantitative estimate of drug-likeness (QED) is 0.328. The highest BCUT2D eigenvalue weighted by Crippen LogP contribution is 2.27. The van der Waals surface area contributed by atoms with E-state index in [0.717, 1.165) is 54.9 Å². The summed E-state index contributed by atoms with van der Waals surface area (Å²) in [5.41, 5.74) is 2.03. The van der Waals surface area contributed by atoms with Gasteiger partial charge >= 0.3 is 0 Å². The van der Waals surface area contributed by atoms with E-state index in [0.29, 0.717) is 6.54 Å². The highest BCUT2D eigenvalue weighted by molar-refractivity contribution is 5.79. The van der Waals surface area contributed by atoms with Gasteiger partial charge in [-0.1, -0.05) is 12.1 Å². The lowest BCUT2D eigenvalue weighted by molar-refractivity contribution is 0.354. The molecule has 3 aromatic rings. The minimum Gasteiger partial charge on any atom is -0.493 e. The molecule has 0 amide bonds. The molecule has 0 aliphatic carbocycles. The molecule has 0 radical (unpaired) electrons. The fourth-order valence-corrected chi connectivity index (χ4v) is 3.03. The zero-order chi connectivity index (χ0) is 20.5. The van der Waals surface area contributed by atoms with Crippen LogP contribution < -0.4 is 20.1 Å². The van der Waals surface area contributed by atoms with Crippen molar-refractivity contribution >= 4 is 11.6 Å². The molecule has 0 unspecified atom stereocenters. The number of fused-ring (bicyclic) bond motifs is 1. The Balaban J connectivity index is 1.53. The minimum absolute atomic E-state index is 0.455. The highest BCUT2D eigenvalue weighted by atomic mass is 16.5. The van der Waals surface area contributed by atoms with Crippen LogP contribution in [0.25, 0.3) is 5.65 Å². The minimum atomic E-state index is 0.455. The van der Waals surface area contributed by atoms with E-state index in [1.807, 2.05) is 47.9 Å². The van der Waals surface area contributed by atoms with Crippen LogP contribution in [-0.4, -0.2) is 47.9 Å². The van der Waals surface area contributed by atoms with Gasteiger partial charge < -0.3 is 20.1 Å². The van der Waals surface area contributed by atoms with E-state index in [1.165, 1.54) is 5.56 Å². The summed E-state index contributed by atoms with van der Waals surface area (Å²) in [6.07, 6.45) is 3.85. The number of pyridine rings is 1. The molecule has 2 aromatic heterocycles. The molecule has 8 nitrogen and oxygen atoms in total. The van der Waals surface area contributed by atoms with Gasteiger partial charge in [-0.25, -0.2) is 4.99 Å². The molecule has 8 heteroatoms. The molecule has 0 saturated heterocycles. The summed E-state index contributed by atoms with van der Waals surface area (Å²) >= 11 is 0. The summed E-state index contributed by atoms with van der Waals surface area (Å²) in [4.78, 5) is 4.64. The fraction of sp³-hybridized carbons (Fsp3) is 0.381. The van der Waals surface area contributed by atoms with Gasteiger partial charge in [0.2, 0.25) is 0 Å². The van der Waals surface area contributed by atoms with Crippen LogP contribution in [0.1, 0.15) is 24.7 Å². The summed E-state index contributed by atoms with van der Waals surface area (Å²) in [7, 11) is 3.30. The standard InChI is InChI=1S/C21H28N6O2/c1-4-22-21(24-15-20-26-25-19-9-5-6-13-27(19)20)23-12-7-8-16-10-11-17(28-2)18(14-16)29-3/h5-6,9-11,13-14H,4,7-8,12,15H2,1-3H3,(H2,22,23,24). The van der Waals surface area contributed by atoms with Crippen LogP contribution in [-0.2, 0) is 13.0 Å². The van der Waals surface area contributed by atoms with E-state index in [9.17, 15) is 0 Å². The molecule has 0 fully saturated rings. The molecule has 29 heavy (non-hydrogen) atoms. The second-order valence-electron chi connectivity index (χ2n) is 6.46. The van der Waals surface area contributed by atoms with Crippen molar-refractivity contribution in [3.8, 4) is 11.5 Å². The smallest absolute Gasteiger partial charge is 0.191 e. The number of rotatable bonds is 9. The Bertz CT molecular complexity index is 953. The number of aryl methyl sites for hydroxylation is 1. The van der Waals surface area contributed by atoms with E-state index in [2.05, 4.69) is 31.9 Å². The molecule has 0 aliphatic rings. The topological polar surface area (TPSA) is 85.1 Å². The summed E-state index contributed by atoms with van der Waals surface area (Å²) in [6.45, 7) is 4.10. The molecule has 2 heterocycles. The predicted molar refractivity (Wildman–Crippen MR) is 114 cm³/mol. The van der Waals surface area contributed by atoms with E-state index >= 15 is 0 Å². The maximum absolute atomic E-state index is 5.37. The Hall–Kier alpha value is -3.29. The number of aliphatic imine (C=N–C) groups is 1. The van der Waals surface area contributed by atoms with Crippen molar-refractivity contribution in [3.63, 3.8) is 0 Å². The molecule has 0 atom stereocenters. The average Bonchev–Trinajstić information content (AvgIpc) is 3.17. The van der Waals surface area contributed by atoms with Crippen LogP contribution in [0.5, 0.6) is 11.5 Å². The van der Waals surface area contributed by atoms with Crippen molar-refractivity contribution in [2.45, 2.75) is 26.3 Å². The van der Waals surface area contributed by atoms with Crippen LogP contribution in [0, 0.1) is 0 Å². The molecule has 0 spiro atoms. The van der Waals surface area contributed by atoms with Gasteiger partial charge in [0.1, 0.15) is 6.54 Å². The monoisotopic (exact) mass is 396 g/mol. The van der Waals surface area contributed by atoms with Gasteiger partial charge in [-0.05, 0) is 49.6 Å². The average molecular weight is 396 g/mol. The third-order valence-electron chi connectivity index (χ3n) is 4.49. The SMILES string of the molecule is CCNC(=NCc1nnc2ccccn12)NCCCc1ccc(OC)c(OC)c1. The maximum atomic E-state index is 5.37. The molecular weight excluding hydrogens is 368 g/mol. The molecule has 1 aromatic carbocycles. The lowest BCUT2D eigenvalue weighted by Gasteiger charge is -2.12. The molecule has 0 aliphatic heterocycles. The second kappa shape index (κ2) is 10.3. The van der Waals surface area contributed by atoms with Crippen LogP contribution in [0.2, 0.25) is 0 Å². The van der Waals surface area contributed by atoms with E-state index in [1.54, 1.807) is 14.2 Å². The van der Waals surface area contributed by atoms with Gasteiger partial charge in [-0.2, -0.15) is 0 Å². The second-order valence-corrected chi connectivity index (χ2v) is 6.46. The number of hydrogen-bond donors (Lipinski definition) is 2. The molecule has 2 N–H and O–H groups in total. The molecule has 0 bridgehead atoms. The van der Waals surface area contributed by atoms with Gasteiger partial charge in [0.25, 0.3) is 0 Å². The summed E-state index contributed by atoms with van der Waals surface area (Å²) in [6, 6.07) is 11.9. The first-order valence-electron chi connectivity index (χ1n) is 9.77. The number of nitrogens with one attached hydrogen (secondary N) is 2. The maximum Gasteiger partial charge on any atom is 0.191 e. The number of nitrogens with zero attached hydrogens (tertiary/aromatic N) is 4. The van der Waals surface area contributed by atoms with Crippen LogP contribution in [0.4, 0.5) is 0 Å². The molecule has 0 saturated carbocycles. The highest BCUT2D eigenvalue weighted by Gasteiger charge is 2.06. The molecular formula is C21H28N6O2. The van der Waals surface area contributed by atoms with Crippen LogP contribution in [0.3, 0.4) is 0 Å². The number of aromatic nitrogens is 3. The van der Waals surface area contributed by atoms with Gasteiger partial charge in [-0.15, -0.1) is 10.2 Å². The third kappa shape index (κ3) is 5.37. The van der Waals surface area contributed by atoms with Crippen LogP contribution >= 0.6 is 0 Å². The molecule has 3 rings (SSSR count). The number of guanidine groups is 1. The Morgan fingerprint density at radius 3 is 2.72 bits per heavy atom. The number of ether oxygens (including phenoxy) is 2. The summed E-state index contributed by atoms with van der Waals surface area (Å²) in [5, 5.41) is 15.0. The Labute approximate surface area is 171 Å². The number of methoxy groups -OCH3 is 2. The van der Waals surface area contributed by atoms with Crippen molar-refractivity contribution in [1.29, 1.82) is 0 Å². The van der Waals surface area contributed by atoms with E-state index in [4.69, 9.17) is 9.47 Å². The lowest BCUT2D eigenvalue weighted by Crippen LogP contribution is -2.37. The summed E-state index contributed by atoms with van der Waals surface area (Å²) < 4.78 is 12.6. The summed E-state index contributed by atoms with van der Waals surface area (Å²) in [5.74, 6) is 3.08. The van der Waals surface area contributed by atoms with Gasteiger partial charge in [0, 0.05) is 19.3 Å². The van der Waals surface area contributed by atoms with Crippen molar-refractivity contribution in [3.05, 3.63) is 54.0 Å². The fourth-order valence-electron chi connectivity index (χ4n) is 3.03. The largest absolute Gasteiger partial charge is 0.493 e. The van der Waals surface area contributed by atoms with Crippen molar-refractivity contribution < 1.29 is 9.47 Å². The zero-order valence-electron chi connectivity index (χ0n) is 17.2. The first-order chi connectivity index (χ1) is 14.2. The Morgan fingerprint density at radius 1 is 1.07 bits per heavy atom. The van der Waals surface area contributed by atoms with E-state index < -0.39 is 0 Å². The normalized spacial score (nSPS) is 11.5. The van der Waals surface area contributed by atoms with Gasteiger partial charge in [-0.3, -0.25) is 4.40 Å². The number of benzene rings is 1. The van der Waals surface area contributed by atoms with E-state index in [-0.39, 0.29) is 0 Å². The first-order valence-corrected chi connectivity index (χ1v) is 9.77. The van der Waals surface area contributed by atoms with Gasteiger partial charge in [0.05, 0.1) is 14.2 Å². The Morgan fingerprint density at radius 2 is 1.93 bits per heavy atom. The zero-order valence-corrected chi connectivity index (χ0v) is 17.2. The van der Waals surface area contributed by atoms with Gasteiger partial charge in [0.15, 0.2) is 28.9 Å².